The lowest BCUT2D eigenvalue weighted by Crippen LogP contribution is -2.48. The number of methoxy groups -OCH3 is 1. The maximum Gasteiger partial charge on any atom is 0.407 e. The Bertz CT molecular complexity index is 1830. The molecule has 1 saturated carbocycles. The molecule has 3 aromatic rings. The zero-order valence-corrected chi connectivity index (χ0v) is 32.3. The Kier molecular flexibility index (Phi) is 13.1. The lowest BCUT2D eigenvalue weighted by molar-refractivity contribution is -0.126. The topological polar surface area (TPSA) is 141 Å². The molecule has 2 atom stereocenters. The quantitative estimate of drug-likeness (QED) is 0.123. The summed E-state index contributed by atoms with van der Waals surface area (Å²) in [6.45, 7) is 8.79. The fourth-order valence-electron chi connectivity index (χ4n) is 7.52. The zero-order valence-electron chi connectivity index (χ0n) is 31.6. The van der Waals surface area contributed by atoms with Crippen LogP contribution in [0.25, 0.3) is 11.1 Å². The van der Waals surface area contributed by atoms with Crippen molar-refractivity contribution < 1.29 is 37.4 Å². The summed E-state index contributed by atoms with van der Waals surface area (Å²) in [5.41, 5.74) is 4.93. The molecule has 0 bridgehead atoms. The molecule has 5 N–H and O–H groups in total. The van der Waals surface area contributed by atoms with E-state index in [2.05, 4.69) is 16.0 Å². The number of fused-ring (bicyclic) bond motifs is 1. The van der Waals surface area contributed by atoms with E-state index in [0.717, 1.165) is 37.7 Å². The summed E-state index contributed by atoms with van der Waals surface area (Å²) < 4.78 is 48.8. The highest BCUT2D eigenvalue weighted by Crippen LogP contribution is 2.56. The first-order valence-electron chi connectivity index (χ1n) is 18.6. The van der Waals surface area contributed by atoms with E-state index in [1.807, 2.05) is 58.0 Å². The molecule has 1 heterocycles. The van der Waals surface area contributed by atoms with Crippen molar-refractivity contribution in [3.8, 4) is 22.6 Å². The summed E-state index contributed by atoms with van der Waals surface area (Å²) >= 11 is 6.63. The third-order valence-corrected chi connectivity index (χ3v) is 10.7. The van der Waals surface area contributed by atoms with E-state index in [1.54, 1.807) is 0 Å². The number of amides is 3. The first kappa shape index (κ1) is 40.8. The monoisotopic (exact) mass is 768 g/mol. The van der Waals surface area contributed by atoms with Crippen molar-refractivity contribution in [1.82, 2.24) is 16.0 Å². The minimum absolute atomic E-state index is 0.00819. The summed E-state index contributed by atoms with van der Waals surface area (Å²) in [5.74, 6) is -3.14. The van der Waals surface area contributed by atoms with Gasteiger partial charge in [0.25, 0.3) is 0 Å². The Hall–Kier alpha value is -4.42. The molecule has 10 nitrogen and oxygen atoms in total. The van der Waals surface area contributed by atoms with Gasteiger partial charge in [-0.15, -0.1) is 0 Å². The van der Waals surface area contributed by atoms with Gasteiger partial charge in [-0.25, -0.2) is 13.6 Å². The van der Waals surface area contributed by atoms with Gasteiger partial charge >= 0.3 is 6.09 Å². The van der Waals surface area contributed by atoms with Gasteiger partial charge < -0.3 is 35.9 Å². The van der Waals surface area contributed by atoms with Gasteiger partial charge in [0.2, 0.25) is 11.8 Å². The van der Waals surface area contributed by atoms with Crippen LogP contribution in [0.3, 0.4) is 0 Å². The molecule has 1 aliphatic carbocycles. The minimum Gasteiger partial charge on any atom is -0.494 e. The molecule has 2 aliphatic rings. The molecule has 0 radical (unpaired) electrons. The number of benzene rings is 3. The maximum atomic E-state index is 16.1. The third-order valence-electron chi connectivity index (χ3n) is 10.3. The van der Waals surface area contributed by atoms with Gasteiger partial charge in [-0.1, -0.05) is 48.9 Å². The van der Waals surface area contributed by atoms with Crippen molar-refractivity contribution in [2.24, 2.45) is 11.7 Å². The van der Waals surface area contributed by atoms with Gasteiger partial charge in [-0.3, -0.25) is 9.59 Å². The van der Waals surface area contributed by atoms with Crippen molar-refractivity contribution in [2.45, 2.75) is 95.8 Å². The van der Waals surface area contributed by atoms with E-state index >= 15 is 8.78 Å². The predicted molar refractivity (Wildman–Crippen MR) is 204 cm³/mol. The number of nitrogens with one attached hydrogen (secondary N) is 3. The van der Waals surface area contributed by atoms with E-state index < -0.39 is 40.8 Å². The summed E-state index contributed by atoms with van der Waals surface area (Å²) in [4.78, 5) is 37.3. The van der Waals surface area contributed by atoms with E-state index in [4.69, 9.17) is 31.5 Å². The molecule has 0 aromatic heterocycles. The standard InChI is InChI=1S/C41H51ClF2N4O6/c1-24-32-31(22-29(43)35(42)34(32)33-28(37(45)49)18-19-30(52-5)36(33)44)53-41(24,26-12-8-6-9-13-26)23-48-27-16-14-25(15-17-27)38(50)46-20-10-7-11-21-47-39(51)54-40(2,3)4/h6,8-9,12-13,18-19,22,24-25,27,48H,7,10-11,14-17,20-21,23H2,1-5H3,(H2,45,49)(H,46,50)(H,47,51)/t24-,25?,27?,41-/m0/s1. The van der Waals surface area contributed by atoms with Crippen LogP contribution in [-0.2, 0) is 15.1 Å². The van der Waals surface area contributed by atoms with Crippen molar-refractivity contribution >= 4 is 29.5 Å². The molecule has 1 fully saturated rings. The molecule has 1 aliphatic heterocycles. The lowest BCUT2D eigenvalue weighted by atomic mass is 9.77. The summed E-state index contributed by atoms with van der Waals surface area (Å²) in [6.07, 6.45) is 5.00. The Morgan fingerprint density at radius 3 is 2.26 bits per heavy atom. The number of nitrogens with two attached hydrogens (primary N) is 1. The molecular weight excluding hydrogens is 718 g/mol. The third kappa shape index (κ3) is 9.09. The number of hydrogen-bond donors (Lipinski definition) is 4. The van der Waals surface area contributed by atoms with Gasteiger partial charge in [-0.2, -0.15) is 0 Å². The van der Waals surface area contributed by atoms with Crippen LogP contribution in [0, 0.1) is 17.6 Å². The molecule has 0 spiro atoms. The van der Waals surface area contributed by atoms with Gasteiger partial charge in [0.15, 0.2) is 17.2 Å². The number of unbranched alkanes of at least 4 members (excludes halogenated alkanes) is 2. The van der Waals surface area contributed by atoms with Crippen LogP contribution in [-0.4, -0.2) is 56.3 Å². The van der Waals surface area contributed by atoms with E-state index in [1.165, 1.54) is 25.3 Å². The van der Waals surface area contributed by atoms with Crippen molar-refractivity contribution in [3.05, 3.63) is 81.9 Å². The van der Waals surface area contributed by atoms with Crippen LogP contribution in [0.1, 0.15) is 100 Å². The van der Waals surface area contributed by atoms with Gasteiger partial charge in [0.05, 0.1) is 17.7 Å². The van der Waals surface area contributed by atoms with Crippen molar-refractivity contribution in [1.29, 1.82) is 0 Å². The zero-order chi connectivity index (χ0) is 39.2. The lowest BCUT2D eigenvalue weighted by Gasteiger charge is -2.37. The summed E-state index contributed by atoms with van der Waals surface area (Å²) in [7, 11) is 1.29. The highest BCUT2D eigenvalue weighted by molar-refractivity contribution is 6.34. The number of primary amides is 1. The largest absolute Gasteiger partial charge is 0.494 e. The summed E-state index contributed by atoms with van der Waals surface area (Å²) in [6, 6.07) is 13.5. The molecule has 292 valence electrons. The van der Waals surface area contributed by atoms with Crippen molar-refractivity contribution in [2.75, 3.05) is 26.7 Å². The number of alkyl carbamates (subject to hydrolysis) is 1. The molecular formula is C41H51ClF2N4O6. The van der Waals surface area contributed by atoms with E-state index in [-0.39, 0.29) is 51.1 Å². The number of halogens is 3. The molecule has 3 aromatic carbocycles. The Balaban J connectivity index is 1.24. The van der Waals surface area contributed by atoms with Crippen LogP contribution in [0.2, 0.25) is 5.02 Å². The Morgan fingerprint density at radius 1 is 0.963 bits per heavy atom. The first-order chi connectivity index (χ1) is 25.7. The first-order valence-corrected chi connectivity index (χ1v) is 19.0. The highest BCUT2D eigenvalue weighted by Gasteiger charge is 2.50. The van der Waals surface area contributed by atoms with Crippen LogP contribution < -0.4 is 31.2 Å². The van der Waals surface area contributed by atoms with Crippen LogP contribution in [0.5, 0.6) is 11.5 Å². The average Bonchev–Trinajstić information content (AvgIpc) is 3.41. The normalized spacial score (nSPS) is 20.8. The molecule has 0 unspecified atom stereocenters. The number of carbonyl (C=O) groups is 3. The number of hydrogen-bond acceptors (Lipinski definition) is 7. The van der Waals surface area contributed by atoms with Crippen LogP contribution in [0.4, 0.5) is 13.6 Å². The van der Waals surface area contributed by atoms with Gasteiger partial charge in [0.1, 0.15) is 17.2 Å². The smallest absolute Gasteiger partial charge is 0.407 e. The fraction of sp³-hybridized carbons (Fsp3) is 0.488. The number of carbonyl (C=O) groups excluding carboxylic acids is 3. The van der Waals surface area contributed by atoms with E-state index in [9.17, 15) is 14.4 Å². The van der Waals surface area contributed by atoms with Crippen LogP contribution >= 0.6 is 11.6 Å². The Morgan fingerprint density at radius 2 is 1.63 bits per heavy atom. The second-order valence-corrected chi connectivity index (χ2v) is 15.5. The average molecular weight is 769 g/mol. The second-order valence-electron chi connectivity index (χ2n) is 15.1. The molecule has 0 saturated heterocycles. The van der Waals surface area contributed by atoms with E-state index in [0.29, 0.717) is 38.0 Å². The van der Waals surface area contributed by atoms with Crippen molar-refractivity contribution in [3.63, 3.8) is 0 Å². The predicted octanol–water partition coefficient (Wildman–Crippen LogP) is 7.74. The SMILES string of the molecule is COc1ccc(C(N)=O)c(-c2c(Cl)c(F)cc3c2[C@H](C)[C@@](CNC2CCC(C(=O)NCCCCCNC(=O)OC(C)(C)C)CC2)(c2ccccc2)O3)c1F. The fourth-order valence-corrected chi connectivity index (χ4v) is 7.77. The number of rotatable bonds is 14. The minimum atomic E-state index is -1.06. The molecule has 54 heavy (non-hydrogen) atoms. The maximum absolute atomic E-state index is 16.1. The van der Waals surface area contributed by atoms with Crippen LogP contribution in [0.15, 0.2) is 48.5 Å². The molecule has 13 heteroatoms. The van der Waals surface area contributed by atoms with Gasteiger partial charge in [0, 0.05) is 60.3 Å². The highest BCUT2D eigenvalue weighted by atomic mass is 35.5. The summed E-state index contributed by atoms with van der Waals surface area (Å²) in [5, 5.41) is 9.14. The molecule has 3 amide bonds. The molecule has 5 rings (SSSR count). The number of ether oxygens (including phenoxy) is 3. The van der Waals surface area contributed by atoms with Gasteiger partial charge in [-0.05, 0) is 83.4 Å². The second kappa shape index (κ2) is 17.4. The Labute approximate surface area is 320 Å².